The highest BCUT2D eigenvalue weighted by molar-refractivity contribution is 6.30. The molecule has 2 rings (SSSR count). The topological polar surface area (TPSA) is 21.1 Å². The maximum atomic E-state index is 13.1. The third-order valence-corrected chi connectivity index (χ3v) is 2.88. The lowest BCUT2D eigenvalue weighted by molar-refractivity contribution is 0.209. The van der Waals surface area contributed by atoms with Gasteiger partial charge in [-0.2, -0.15) is 5.10 Å². The summed E-state index contributed by atoms with van der Waals surface area (Å²) in [6.07, 6.45) is 3.38. The smallest absolute Gasteiger partial charge is 0.123 e. The van der Waals surface area contributed by atoms with E-state index in [0.717, 1.165) is 12.1 Å². The van der Waals surface area contributed by atoms with Crippen LogP contribution < -0.4 is 0 Å². The minimum absolute atomic E-state index is 0.203. The van der Waals surface area contributed by atoms with E-state index < -0.39 is 0 Å². The number of rotatable bonds is 5. The number of nitrogens with zero attached hydrogens (tertiary/aromatic N) is 3. The van der Waals surface area contributed by atoms with E-state index in [4.69, 9.17) is 11.6 Å². The summed E-state index contributed by atoms with van der Waals surface area (Å²) >= 11 is 5.82. The van der Waals surface area contributed by atoms with Crippen molar-refractivity contribution < 1.29 is 4.39 Å². The molecule has 0 N–H and O–H groups in total. The average molecular weight is 268 g/mol. The quantitative estimate of drug-likeness (QED) is 0.830. The fourth-order valence-corrected chi connectivity index (χ4v) is 1.93. The van der Waals surface area contributed by atoms with Crippen molar-refractivity contribution in [2.75, 3.05) is 6.54 Å². The van der Waals surface area contributed by atoms with Crippen LogP contribution in [0.3, 0.4) is 0 Å². The van der Waals surface area contributed by atoms with E-state index in [1.54, 1.807) is 29.2 Å². The van der Waals surface area contributed by atoms with Gasteiger partial charge in [-0.25, -0.2) is 4.39 Å². The van der Waals surface area contributed by atoms with Crippen LogP contribution in [-0.4, -0.2) is 21.2 Å². The van der Waals surface area contributed by atoms with Crippen LogP contribution in [0, 0.1) is 5.82 Å². The molecule has 0 radical (unpaired) electrons. The standard InChI is InChI=1S/C13H15ClFN3/c1-2-17(10-18-9-12(14)7-16-18)8-11-4-3-5-13(15)6-11/h3-7,9H,2,8,10H2,1H3. The highest BCUT2D eigenvalue weighted by atomic mass is 35.5. The maximum absolute atomic E-state index is 13.1. The van der Waals surface area contributed by atoms with Gasteiger partial charge in [-0.05, 0) is 24.2 Å². The molecule has 0 bridgehead atoms. The maximum Gasteiger partial charge on any atom is 0.123 e. The molecule has 1 heterocycles. The van der Waals surface area contributed by atoms with Crippen LogP contribution in [0.2, 0.25) is 5.02 Å². The van der Waals surface area contributed by atoms with Crippen molar-refractivity contribution in [2.45, 2.75) is 20.1 Å². The Morgan fingerprint density at radius 2 is 2.28 bits per heavy atom. The molecule has 0 saturated heterocycles. The number of hydrogen-bond donors (Lipinski definition) is 0. The van der Waals surface area contributed by atoms with Crippen LogP contribution in [0.5, 0.6) is 0 Å². The van der Waals surface area contributed by atoms with Crippen molar-refractivity contribution in [1.29, 1.82) is 0 Å². The van der Waals surface area contributed by atoms with Crippen LogP contribution in [0.4, 0.5) is 4.39 Å². The Morgan fingerprint density at radius 1 is 1.44 bits per heavy atom. The zero-order valence-corrected chi connectivity index (χ0v) is 10.9. The Labute approximate surface area is 111 Å². The van der Waals surface area contributed by atoms with Gasteiger partial charge >= 0.3 is 0 Å². The Bertz CT molecular complexity index is 512. The van der Waals surface area contributed by atoms with Crippen LogP contribution in [0.25, 0.3) is 0 Å². The number of aromatic nitrogens is 2. The molecule has 0 aliphatic carbocycles. The molecular formula is C13H15ClFN3. The SMILES string of the molecule is CCN(Cc1cccc(F)c1)Cn1cc(Cl)cn1. The summed E-state index contributed by atoms with van der Waals surface area (Å²) in [5, 5.41) is 4.75. The molecule has 2 aromatic rings. The number of benzene rings is 1. The summed E-state index contributed by atoms with van der Waals surface area (Å²) in [6.45, 7) is 4.24. The molecule has 96 valence electrons. The van der Waals surface area contributed by atoms with E-state index in [2.05, 4.69) is 16.9 Å². The monoisotopic (exact) mass is 267 g/mol. The fraction of sp³-hybridized carbons (Fsp3) is 0.308. The van der Waals surface area contributed by atoms with Crippen molar-refractivity contribution in [2.24, 2.45) is 0 Å². The zero-order valence-electron chi connectivity index (χ0n) is 10.2. The van der Waals surface area contributed by atoms with Crippen LogP contribution in [0.1, 0.15) is 12.5 Å². The highest BCUT2D eigenvalue weighted by Gasteiger charge is 2.06. The van der Waals surface area contributed by atoms with E-state index in [0.29, 0.717) is 18.2 Å². The lowest BCUT2D eigenvalue weighted by Crippen LogP contribution is -2.26. The molecule has 0 atom stereocenters. The second-order valence-electron chi connectivity index (χ2n) is 4.11. The van der Waals surface area contributed by atoms with Gasteiger partial charge in [0, 0.05) is 12.7 Å². The Balaban J connectivity index is 2.01. The molecule has 5 heteroatoms. The van der Waals surface area contributed by atoms with Crippen LogP contribution in [-0.2, 0) is 13.2 Å². The molecule has 1 aromatic heterocycles. The molecule has 0 unspecified atom stereocenters. The van der Waals surface area contributed by atoms with Gasteiger partial charge in [0.1, 0.15) is 5.82 Å². The van der Waals surface area contributed by atoms with Crippen molar-refractivity contribution in [3.8, 4) is 0 Å². The molecule has 3 nitrogen and oxygen atoms in total. The normalized spacial score (nSPS) is 11.1. The molecule has 0 fully saturated rings. The number of hydrogen-bond acceptors (Lipinski definition) is 2. The van der Waals surface area contributed by atoms with Gasteiger partial charge in [-0.1, -0.05) is 30.7 Å². The van der Waals surface area contributed by atoms with Crippen molar-refractivity contribution >= 4 is 11.6 Å². The van der Waals surface area contributed by atoms with Gasteiger partial charge in [0.2, 0.25) is 0 Å². The van der Waals surface area contributed by atoms with Crippen molar-refractivity contribution in [3.05, 3.63) is 53.1 Å². The Kier molecular flexibility index (Phi) is 4.33. The lowest BCUT2D eigenvalue weighted by atomic mass is 10.2. The van der Waals surface area contributed by atoms with E-state index in [1.165, 1.54) is 6.07 Å². The number of halogens is 2. The van der Waals surface area contributed by atoms with Crippen LogP contribution >= 0.6 is 11.6 Å². The Morgan fingerprint density at radius 3 is 2.89 bits per heavy atom. The molecule has 18 heavy (non-hydrogen) atoms. The average Bonchev–Trinajstić information content (AvgIpc) is 2.74. The van der Waals surface area contributed by atoms with E-state index >= 15 is 0 Å². The molecular weight excluding hydrogens is 253 g/mol. The first-order valence-electron chi connectivity index (χ1n) is 5.82. The first-order chi connectivity index (χ1) is 8.67. The predicted octanol–water partition coefficient (Wildman–Crippen LogP) is 3.16. The largest absolute Gasteiger partial charge is 0.280 e. The zero-order chi connectivity index (χ0) is 13.0. The second-order valence-corrected chi connectivity index (χ2v) is 4.55. The molecule has 0 saturated carbocycles. The van der Waals surface area contributed by atoms with E-state index in [-0.39, 0.29) is 5.82 Å². The fourth-order valence-electron chi connectivity index (χ4n) is 1.78. The summed E-state index contributed by atoms with van der Waals surface area (Å²) in [7, 11) is 0. The van der Waals surface area contributed by atoms with Gasteiger partial charge in [0.15, 0.2) is 0 Å². The molecule has 0 aliphatic heterocycles. The van der Waals surface area contributed by atoms with Gasteiger partial charge in [-0.15, -0.1) is 0 Å². The van der Waals surface area contributed by atoms with Gasteiger partial charge in [0.05, 0.1) is 17.9 Å². The minimum Gasteiger partial charge on any atom is -0.280 e. The summed E-state index contributed by atoms with van der Waals surface area (Å²) in [5.41, 5.74) is 0.954. The van der Waals surface area contributed by atoms with Gasteiger partial charge in [-0.3, -0.25) is 9.58 Å². The van der Waals surface area contributed by atoms with Crippen molar-refractivity contribution in [1.82, 2.24) is 14.7 Å². The summed E-state index contributed by atoms with van der Waals surface area (Å²) in [6, 6.07) is 6.65. The third kappa shape index (κ3) is 3.55. The third-order valence-electron chi connectivity index (χ3n) is 2.69. The molecule has 0 aliphatic rings. The first-order valence-corrected chi connectivity index (χ1v) is 6.20. The van der Waals surface area contributed by atoms with Gasteiger partial charge < -0.3 is 0 Å². The lowest BCUT2D eigenvalue weighted by Gasteiger charge is -2.20. The molecule has 1 aromatic carbocycles. The first kappa shape index (κ1) is 13.1. The minimum atomic E-state index is -0.203. The van der Waals surface area contributed by atoms with E-state index in [1.807, 2.05) is 6.07 Å². The highest BCUT2D eigenvalue weighted by Crippen LogP contribution is 2.10. The van der Waals surface area contributed by atoms with Gasteiger partial charge in [0.25, 0.3) is 0 Å². The molecule has 0 amide bonds. The predicted molar refractivity (Wildman–Crippen MR) is 69.7 cm³/mol. The summed E-state index contributed by atoms with van der Waals surface area (Å²) in [4.78, 5) is 2.15. The van der Waals surface area contributed by atoms with Crippen LogP contribution in [0.15, 0.2) is 36.7 Å². The summed E-state index contributed by atoms with van der Waals surface area (Å²) < 4.78 is 14.9. The van der Waals surface area contributed by atoms with Crippen molar-refractivity contribution in [3.63, 3.8) is 0 Å². The molecule has 0 spiro atoms. The Hall–Kier alpha value is -1.39. The second kappa shape index (κ2) is 5.98. The van der Waals surface area contributed by atoms with E-state index in [9.17, 15) is 4.39 Å². The summed E-state index contributed by atoms with van der Waals surface area (Å²) in [5.74, 6) is -0.203.